The van der Waals surface area contributed by atoms with Crippen LogP contribution in [0.5, 0.6) is 0 Å². The second-order valence-electron chi connectivity index (χ2n) is 6.64. The standard InChI is InChI=1S/C13H18O3/c1-11(2)6-12(3)9-8(14)7(11)5-13(9,12)10(15)16-4/h7,9H,5-6H2,1-4H3. The van der Waals surface area contributed by atoms with E-state index in [0.717, 1.165) is 6.42 Å². The third-order valence-electron chi connectivity index (χ3n) is 5.54. The predicted molar refractivity (Wildman–Crippen MR) is 57.6 cm³/mol. The molecule has 0 aromatic carbocycles. The zero-order valence-corrected chi connectivity index (χ0v) is 10.3. The lowest BCUT2D eigenvalue weighted by atomic mass is 9.59. The minimum atomic E-state index is -0.459. The highest BCUT2D eigenvalue weighted by molar-refractivity contribution is 6.03. The molecule has 4 fully saturated rings. The number of Topliss-reactive ketones (excluding diaryl/α,β-unsaturated/α-hetero) is 1. The van der Waals surface area contributed by atoms with E-state index >= 15 is 0 Å². The second-order valence-corrected chi connectivity index (χ2v) is 6.64. The fourth-order valence-electron chi connectivity index (χ4n) is 4.90. The van der Waals surface area contributed by atoms with Crippen LogP contribution in [0, 0.1) is 28.1 Å². The third-order valence-corrected chi connectivity index (χ3v) is 5.54. The molecule has 4 unspecified atom stereocenters. The Morgan fingerprint density at radius 1 is 1.38 bits per heavy atom. The van der Waals surface area contributed by atoms with Crippen LogP contribution >= 0.6 is 0 Å². The first-order valence-electron chi connectivity index (χ1n) is 5.93. The van der Waals surface area contributed by atoms with Gasteiger partial charge < -0.3 is 4.74 Å². The number of carbonyl (C=O) groups is 2. The van der Waals surface area contributed by atoms with Gasteiger partial charge in [0.25, 0.3) is 0 Å². The van der Waals surface area contributed by atoms with E-state index in [-0.39, 0.29) is 28.6 Å². The highest BCUT2D eigenvalue weighted by Crippen LogP contribution is 2.84. The SMILES string of the molecule is COC(=O)C12CC3C(=O)C1C2(C)CC3(C)C. The van der Waals surface area contributed by atoms with Gasteiger partial charge in [0.1, 0.15) is 5.78 Å². The number of hydrogen-bond acceptors (Lipinski definition) is 3. The van der Waals surface area contributed by atoms with Gasteiger partial charge in [-0.3, -0.25) is 9.59 Å². The van der Waals surface area contributed by atoms with Crippen molar-refractivity contribution in [3.05, 3.63) is 0 Å². The van der Waals surface area contributed by atoms with Gasteiger partial charge in [0, 0.05) is 11.8 Å². The lowest BCUT2D eigenvalue weighted by Gasteiger charge is -2.43. The van der Waals surface area contributed by atoms with Gasteiger partial charge in [-0.1, -0.05) is 20.8 Å². The Kier molecular flexibility index (Phi) is 1.52. The molecule has 4 bridgehead atoms. The summed E-state index contributed by atoms with van der Waals surface area (Å²) in [6.07, 6.45) is 1.68. The number of rotatable bonds is 1. The van der Waals surface area contributed by atoms with Gasteiger partial charge in [-0.2, -0.15) is 0 Å². The van der Waals surface area contributed by atoms with Crippen LogP contribution in [0.3, 0.4) is 0 Å². The van der Waals surface area contributed by atoms with Gasteiger partial charge in [-0.05, 0) is 23.7 Å². The van der Waals surface area contributed by atoms with Crippen LogP contribution in [0.25, 0.3) is 0 Å². The van der Waals surface area contributed by atoms with Crippen LogP contribution in [0.4, 0.5) is 0 Å². The fraction of sp³-hybridized carbons (Fsp3) is 0.846. The van der Waals surface area contributed by atoms with E-state index < -0.39 is 5.41 Å². The van der Waals surface area contributed by atoms with Crippen molar-refractivity contribution in [3.63, 3.8) is 0 Å². The summed E-state index contributed by atoms with van der Waals surface area (Å²) in [4.78, 5) is 24.2. The Morgan fingerprint density at radius 2 is 2.00 bits per heavy atom. The van der Waals surface area contributed by atoms with Crippen molar-refractivity contribution in [3.8, 4) is 0 Å². The largest absolute Gasteiger partial charge is 0.469 e. The quantitative estimate of drug-likeness (QED) is 0.635. The molecule has 0 radical (unpaired) electrons. The van der Waals surface area contributed by atoms with Crippen LogP contribution in [0.1, 0.15) is 33.6 Å². The molecule has 88 valence electrons. The molecule has 0 spiro atoms. The molecule has 16 heavy (non-hydrogen) atoms. The van der Waals surface area contributed by atoms with Gasteiger partial charge in [0.05, 0.1) is 12.5 Å². The van der Waals surface area contributed by atoms with E-state index in [9.17, 15) is 9.59 Å². The molecule has 0 heterocycles. The van der Waals surface area contributed by atoms with E-state index in [1.165, 1.54) is 7.11 Å². The lowest BCUT2D eigenvalue weighted by Crippen LogP contribution is -2.43. The third kappa shape index (κ3) is 0.740. The van der Waals surface area contributed by atoms with Gasteiger partial charge in [0.2, 0.25) is 0 Å². The number of methoxy groups -OCH3 is 1. The molecule has 4 rings (SSSR count). The van der Waals surface area contributed by atoms with Crippen molar-refractivity contribution in [1.82, 2.24) is 0 Å². The molecule has 4 aliphatic rings. The summed E-state index contributed by atoms with van der Waals surface area (Å²) in [5.74, 6) is 0.166. The second kappa shape index (κ2) is 2.36. The number of hydrogen-bond donors (Lipinski definition) is 0. The molecule has 3 nitrogen and oxygen atoms in total. The Balaban J connectivity index is 2.08. The Morgan fingerprint density at radius 3 is 2.50 bits per heavy atom. The first kappa shape index (κ1) is 10.3. The number of ether oxygens (including phenoxy) is 1. The van der Waals surface area contributed by atoms with Crippen molar-refractivity contribution >= 4 is 11.8 Å². The molecule has 0 aliphatic heterocycles. The predicted octanol–water partition coefficient (Wildman–Crippen LogP) is 1.80. The van der Waals surface area contributed by atoms with Crippen molar-refractivity contribution < 1.29 is 14.3 Å². The van der Waals surface area contributed by atoms with E-state index in [1.54, 1.807) is 0 Å². The lowest BCUT2D eigenvalue weighted by molar-refractivity contribution is -0.151. The molecule has 3 heteroatoms. The molecule has 0 N–H and O–H groups in total. The summed E-state index contributed by atoms with van der Waals surface area (Å²) >= 11 is 0. The minimum Gasteiger partial charge on any atom is -0.469 e. The summed E-state index contributed by atoms with van der Waals surface area (Å²) in [6, 6.07) is 0. The topological polar surface area (TPSA) is 43.4 Å². The van der Waals surface area contributed by atoms with E-state index in [2.05, 4.69) is 20.8 Å². The van der Waals surface area contributed by atoms with E-state index in [0.29, 0.717) is 12.2 Å². The van der Waals surface area contributed by atoms with Gasteiger partial charge in [-0.15, -0.1) is 0 Å². The first-order valence-corrected chi connectivity index (χ1v) is 5.93. The molecule has 4 atom stereocenters. The molecule has 0 aromatic rings. The van der Waals surface area contributed by atoms with Crippen LogP contribution in [0.2, 0.25) is 0 Å². The maximum Gasteiger partial charge on any atom is 0.313 e. The van der Waals surface area contributed by atoms with Crippen LogP contribution in [-0.2, 0) is 14.3 Å². The summed E-state index contributed by atoms with van der Waals surface area (Å²) in [7, 11) is 1.43. The van der Waals surface area contributed by atoms with Gasteiger partial charge in [0.15, 0.2) is 0 Å². The number of carbonyl (C=O) groups excluding carboxylic acids is 2. The highest BCUT2D eigenvalue weighted by Gasteiger charge is 2.89. The van der Waals surface area contributed by atoms with E-state index in [1.807, 2.05) is 0 Å². The van der Waals surface area contributed by atoms with Gasteiger partial charge >= 0.3 is 5.97 Å². The average molecular weight is 222 g/mol. The summed E-state index contributed by atoms with van der Waals surface area (Å²) < 4.78 is 4.92. The number of esters is 1. The van der Waals surface area contributed by atoms with Crippen molar-refractivity contribution in [1.29, 1.82) is 0 Å². The average Bonchev–Trinajstić information content (AvgIpc) is 2.54. The normalized spacial score (nSPS) is 51.4. The molecule has 0 aromatic heterocycles. The fourth-order valence-corrected chi connectivity index (χ4v) is 4.90. The van der Waals surface area contributed by atoms with Crippen LogP contribution in [0.15, 0.2) is 0 Å². The van der Waals surface area contributed by atoms with E-state index in [4.69, 9.17) is 4.74 Å². The summed E-state index contributed by atoms with van der Waals surface area (Å²) in [5, 5.41) is 0. The molecule has 4 saturated carbocycles. The van der Waals surface area contributed by atoms with Crippen molar-refractivity contribution in [2.24, 2.45) is 28.1 Å². The number of fused-ring (bicyclic) bond motifs is 1. The Hall–Kier alpha value is -0.860. The highest BCUT2D eigenvalue weighted by atomic mass is 16.5. The first-order chi connectivity index (χ1) is 7.31. The zero-order valence-electron chi connectivity index (χ0n) is 10.3. The van der Waals surface area contributed by atoms with Crippen molar-refractivity contribution in [2.45, 2.75) is 33.6 Å². The van der Waals surface area contributed by atoms with Gasteiger partial charge in [-0.25, -0.2) is 0 Å². The maximum atomic E-state index is 12.2. The smallest absolute Gasteiger partial charge is 0.313 e. The Labute approximate surface area is 95.5 Å². The summed E-state index contributed by atoms with van der Waals surface area (Å²) in [5.41, 5.74) is -0.537. The zero-order chi connectivity index (χ0) is 11.9. The maximum absolute atomic E-state index is 12.2. The molecular formula is C13H18O3. The molecule has 0 amide bonds. The van der Waals surface area contributed by atoms with Crippen LogP contribution < -0.4 is 0 Å². The van der Waals surface area contributed by atoms with Crippen molar-refractivity contribution in [2.75, 3.05) is 7.11 Å². The monoisotopic (exact) mass is 222 g/mol. The Bertz CT molecular complexity index is 411. The molecule has 0 saturated heterocycles. The number of ketones is 1. The summed E-state index contributed by atoms with van der Waals surface area (Å²) in [6.45, 7) is 6.39. The molecule has 4 aliphatic carbocycles. The minimum absolute atomic E-state index is 0.0505. The van der Waals surface area contributed by atoms with Crippen LogP contribution in [-0.4, -0.2) is 18.9 Å². The molecular weight excluding hydrogens is 204 g/mol.